The van der Waals surface area contributed by atoms with E-state index in [0.717, 1.165) is 49.8 Å². The third kappa shape index (κ3) is 5.07. The summed E-state index contributed by atoms with van der Waals surface area (Å²) in [6.45, 7) is 6.10. The van der Waals surface area contributed by atoms with Crippen LogP contribution in [0.2, 0.25) is 5.02 Å². The summed E-state index contributed by atoms with van der Waals surface area (Å²) in [5.41, 5.74) is 0.908. The van der Waals surface area contributed by atoms with Crippen molar-refractivity contribution in [1.82, 2.24) is 20.2 Å². The van der Waals surface area contributed by atoms with Crippen LogP contribution in [0.3, 0.4) is 0 Å². The second-order valence-electron chi connectivity index (χ2n) is 11.8. The molecule has 3 atom stereocenters. The summed E-state index contributed by atoms with van der Waals surface area (Å²) in [5.74, 6) is 0.160. The first-order valence-corrected chi connectivity index (χ1v) is 15.1. The molecule has 0 spiro atoms. The van der Waals surface area contributed by atoms with Gasteiger partial charge in [0.1, 0.15) is 23.7 Å². The van der Waals surface area contributed by atoms with Gasteiger partial charge in [-0.2, -0.15) is 9.97 Å². The zero-order chi connectivity index (χ0) is 28.1. The maximum absolute atomic E-state index is 16.7. The molecule has 3 fully saturated rings. The highest BCUT2D eigenvalue weighted by atomic mass is 35.5. The number of nitrogens with zero attached hydrogens (tertiary/aromatic N) is 4. The molecule has 0 aliphatic carbocycles. The summed E-state index contributed by atoms with van der Waals surface area (Å²) >= 11 is 6.85. The van der Waals surface area contributed by atoms with Crippen molar-refractivity contribution in [3.8, 4) is 22.9 Å². The summed E-state index contributed by atoms with van der Waals surface area (Å²) in [7, 11) is 0. The number of likely N-dealkylation sites (tertiary alicyclic amines) is 1. The van der Waals surface area contributed by atoms with Crippen LogP contribution in [-0.2, 0) is 0 Å². The van der Waals surface area contributed by atoms with E-state index in [9.17, 15) is 5.11 Å². The van der Waals surface area contributed by atoms with Crippen LogP contribution in [0.5, 0.6) is 11.8 Å². The number of hydrogen-bond acceptors (Lipinski definition) is 7. The quantitative estimate of drug-likeness (QED) is 0.286. The van der Waals surface area contributed by atoms with Gasteiger partial charge < -0.3 is 20.1 Å². The van der Waals surface area contributed by atoms with Crippen molar-refractivity contribution in [2.24, 2.45) is 0 Å². The van der Waals surface area contributed by atoms with E-state index < -0.39 is 5.82 Å². The first-order valence-electron chi connectivity index (χ1n) is 14.7. The van der Waals surface area contributed by atoms with E-state index in [1.165, 1.54) is 19.3 Å². The molecule has 2 unspecified atom stereocenters. The molecule has 2 bridgehead atoms. The Morgan fingerprint density at radius 2 is 1.85 bits per heavy atom. The molecule has 1 aromatic heterocycles. The highest BCUT2D eigenvalue weighted by Gasteiger charge is 2.34. The van der Waals surface area contributed by atoms with Gasteiger partial charge in [-0.25, -0.2) is 4.39 Å². The van der Waals surface area contributed by atoms with Gasteiger partial charge in [0.2, 0.25) is 0 Å². The molecule has 41 heavy (non-hydrogen) atoms. The molecule has 0 saturated carbocycles. The lowest BCUT2D eigenvalue weighted by molar-refractivity contribution is 0.130. The predicted octanol–water partition coefficient (Wildman–Crippen LogP) is 6.14. The Labute approximate surface area is 244 Å². The fourth-order valence-corrected chi connectivity index (χ4v) is 7.22. The van der Waals surface area contributed by atoms with Crippen molar-refractivity contribution in [2.45, 2.75) is 57.2 Å². The fraction of sp³-hybridized carbons (Fsp3) is 0.438. The number of piperazine rings is 1. The number of ether oxygens (including phenoxy) is 1. The number of aromatic hydroxyl groups is 1. The van der Waals surface area contributed by atoms with Crippen LogP contribution in [0.4, 0.5) is 10.2 Å². The minimum Gasteiger partial charge on any atom is -0.508 e. The number of benzene rings is 3. The third-order valence-electron chi connectivity index (χ3n) is 9.02. The number of hydrogen-bond donors (Lipinski definition) is 2. The number of piperidine rings is 1. The highest BCUT2D eigenvalue weighted by molar-refractivity contribution is 6.35. The average molecular weight is 576 g/mol. The first-order chi connectivity index (χ1) is 19.9. The minimum atomic E-state index is -0.542. The molecule has 7 rings (SSSR count). The Morgan fingerprint density at radius 3 is 2.66 bits per heavy atom. The second kappa shape index (κ2) is 10.9. The Bertz CT molecular complexity index is 1600. The van der Waals surface area contributed by atoms with Gasteiger partial charge in [-0.15, -0.1) is 0 Å². The molecule has 0 radical (unpaired) electrons. The topological polar surface area (TPSA) is 73.8 Å². The van der Waals surface area contributed by atoms with Crippen molar-refractivity contribution in [1.29, 1.82) is 0 Å². The fourth-order valence-electron chi connectivity index (χ4n) is 6.93. The van der Waals surface area contributed by atoms with Crippen molar-refractivity contribution < 1.29 is 14.2 Å². The molecule has 3 aliphatic rings. The van der Waals surface area contributed by atoms with Gasteiger partial charge >= 0.3 is 6.01 Å². The van der Waals surface area contributed by atoms with Gasteiger partial charge in [0.25, 0.3) is 0 Å². The Balaban J connectivity index is 1.32. The van der Waals surface area contributed by atoms with E-state index in [1.807, 2.05) is 24.3 Å². The lowest BCUT2D eigenvalue weighted by Crippen LogP contribution is -2.51. The van der Waals surface area contributed by atoms with Crippen molar-refractivity contribution >= 4 is 39.1 Å². The molecule has 4 aromatic rings. The first kappa shape index (κ1) is 26.7. The average Bonchev–Trinajstić information content (AvgIpc) is 3.31. The zero-order valence-corrected chi connectivity index (χ0v) is 24.0. The van der Waals surface area contributed by atoms with Gasteiger partial charge in [-0.1, -0.05) is 42.3 Å². The summed E-state index contributed by atoms with van der Waals surface area (Å²) in [5, 5.41) is 16.6. The number of fused-ring (bicyclic) bond motifs is 4. The van der Waals surface area contributed by atoms with Crippen molar-refractivity contribution in [3.63, 3.8) is 0 Å². The van der Waals surface area contributed by atoms with Crippen LogP contribution in [0.15, 0.2) is 42.5 Å². The SMILES string of the molecule is C[C@@H]1CCCCN1CCOc1nc(N2CC3CCC(C2)N3)c2cc(Cl)c(-c3cc(O)cc4ccccc34)c(F)c2n1. The molecule has 3 saturated heterocycles. The van der Waals surface area contributed by atoms with E-state index in [-0.39, 0.29) is 27.9 Å². The van der Waals surface area contributed by atoms with E-state index in [1.54, 1.807) is 18.2 Å². The van der Waals surface area contributed by atoms with Gasteiger partial charge in [-0.3, -0.25) is 4.90 Å². The van der Waals surface area contributed by atoms with Crippen molar-refractivity contribution in [2.75, 3.05) is 37.7 Å². The number of nitrogens with one attached hydrogen (secondary N) is 1. The van der Waals surface area contributed by atoms with Crippen molar-refractivity contribution in [3.05, 3.63) is 53.3 Å². The number of rotatable bonds is 6. The van der Waals surface area contributed by atoms with Crippen LogP contribution in [0.25, 0.3) is 32.8 Å². The molecule has 214 valence electrons. The Kier molecular flexibility index (Phi) is 7.09. The summed E-state index contributed by atoms with van der Waals surface area (Å²) in [4.78, 5) is 14.1. The van der Waals surface area contributed by atoms with E-state index in [4.69, 9.17) is 21.3 Å². The molecule has 0 amide bonds. The molecular formula is C32H35ClFN5O2. The number of anilines is 1. The normalized spacial score (nSPS) is 23.0. The largest absolute Gasteiger partial charge is 0.508 e. The lowest BCUT2D eigenvalue weighted by atomic mass is 9.96. The van der Waals surface area contributed by atoms with Gasteiger partial charge in [-0.05, 0) is 73.7 Å². The second-order valence-corrected chi connectivity index (χ2v) is 12.2. The Hall–Kier alpha value is -3.20. The smallest absolute Gasteiger partial charge is 0.319 e. The number of phenolic OH excluding ortho intramolecular Hbond substituents is 1. The van der Waals surface area contributed by atoms with E-state index in [0.29, 0.717) is 41.5 Å². The van der Waals surface area contributed by atoms with Crippen LogP contribution in [-0.4, -0.2) is 70.9 Å². The highest BCUT2D eigenvalue weighted by Crippen LogP contribution is 2.42. The minimum absolute atomic E-state index is 0.0462. The molecule has 4 heterocycles. The number of phenols is 1. The van der Waals surface area contributed by atoms with Crippen LogP contribution in [0, 0.1) is 5.82 Å². The summed E-state index contributed by atoms with van der Waals surface area (Å²) in [6, 6.07) is 14.0. The van der Waals surface area contributed by atoms with Gasteiger partial charge in [0.05, 0.1) is 5.02 Å². The number of halogens is 2. The van der Waals surface area contributed by atoms with Crippen LogP contribution in [0.1, 0.15) is 39.0 Å². The maximum Gasteiger partial charge on any atom is 0.319 e. The monoisotopic (exact) mass is 575 g/mol. The van der Waals surface area contributed by atoms with Gasteiger partial charge in [0, 0.05) is 48.7 Å². The molecular weight excluding hydrogens is 541 g/mol. The maximum atomic E-state index is 16.7. The number of aromatic nitrogens is 2. The standard InChI is InChI=1S/C32H35ClFN5O2/c1-19-6-4-5-11-38(19)12-13-41-32-36-30-26(31(37-32)39-17-21-9-10-22(18-39)35-21)16-27(33)28(29(30)34)25-15-23(40)14-20-7-2-3-8-24(20)25/h2-3,7-8,14-16,19,21-22,35,40H,4-6,9-13,17-18H2,1H3/t19-,21?,22?/m1/s1. The molecule has 2 N–H and O–H groups in total. The van der Waals surface area contributed by atoms with Crippen LogP contribution >= 0.6 is 11.6 Å². The van der Waals surface area contributed by atoms with E-state index >= 15 is 4.39 Å². The van der Waals surface area contributed by atoms with Crippen LogP contribution < -0.4 is 15.0 Å². The summed E-state index contributed by atoms with van der Waals surface area (Å²) < 4.78 is 22.8. The molecule has 7 nitrogen and oxygen atoms in total. The third-order valence-corrected chi connectivity index (χ3v) is 9.32. The van der Waals surface area contributed by atoms with E-state index in [2.05, 4.69) is 27.0 Å². The van der Waals surface area contributed by atoms with Gasteiger partial charge in [0.15, 0.2) is 5.82 Å². The molecule has 9 heteroatoms. The predicted molar refractivity (Wildman–Crippen MR) is 162 cm³/mol. The molecule has 3 aliphatic heterocycles. The summed E-state index contributed by atoms with van der Waals surface area (Å²) in [6.07, 6.45) is 5.89. The zero-order valence-electron chi connectivity index (χ0n) is 23.2. The Morgan fingerprint density at radius 1 is 1.05 bits per heavy atom. The lowest BCUT2D eigenvalue weighted by Gasteiger charge is -2.34. The molecule has 3 aromatic carbocycles.